The summed E-state index contributed by atoms with van der Waals surface area (Å²) in [5.41, 5.74) is 4.15. The maximum Gasteiger partial charge on any atom is 0.128 e. The Balaban J connectivity index is 2.62. The molecule has 1 unspecified atom stereocenters. The van der Waals surface area contributed by atoms with Crippen molar-refractivity contribution in [3.8, 4) is 5.75 Å². The zero-order valence-electron chi connectivity index (χ0n) is 12.3. The molecule has 1 aromatic carbocycles. The highest BCUT2D eigenvalue weighted by Crippen LogP contribution is 2.41. The number of nitrogens with one attached hydrogen (secondary N) is 1. The van der Waals surface area contributed by atoms with Crippen LogP contribution < -0.4 is 10.1 Å². The molecule has 18 heavy (non-hydrogen) atoms. The van der Waals surface area contributed by atoms with Crippen LogP contribution in [0.2, 0.25) is 0 Å². The molecule has 2 nitrogen and oxygen atoms in total. The molecule has 1 aliphatic heterocycles. The lowest BCUT2D eigenvalue weighted by atomic mass is 9.83. The second kappa shape index (κ2) is 4.93. The molecule has 2 rings (SSSR count). The Kier molecular flexibility index (Phi) is 3.67. The number of aryl methyl sites for hydroxylation is 1. The molecule has 1 atom stereocenters. The fourth-order valence-electron chi connectivity index (χ4n) is 2.77. The molecule has 100 valence electrons. The molecule has 1 aromatic rings. The minimum absolute atomic E-state index is 0.125. The lowest BCUT2D eigenvalue weighted by Crippen LogP contribution is -2.19. The van der Waals surface area contributed by atoms with Gasteiger partial charge in [0.2, 0.25) is 0 Å². The van der Waals surface area contributed by atoms with Crippen molar-refractivity contribution in [1.29, 1.82) is 0 Å². The maximum atomic E-state index is 6.08. The van der Waals surface area contributed by atoms with Crippen LogP contribution in [-0.4, -0.2) is 13.7 Å². The molecule has 0 saturated carbocycles. The number of fused-ring (bicyclic) bond motifs is 1. The summed E-state index contributed by atoms with van der Waals surface area (Å²) in [4.78, 5) is 0. The van der Waals surface area contributed by atoms with Gasteiger partial charge in [0.25, 0.3) is 0 Å². The van der Waals surface area contributed by atoms with Crippen LogP contribution in [0.1, 0.15) is 56.3 Å². The normalized spacial score (nSPS) is 19.9. The fraction of sp³-hybridized carbons (Fsp3) is 0.625. The molecule has 0 fully saturated rings. The van der Waals surface area contributed by atoms with Crippen molar-refractivity contribution >= 4 is 0 Å². The molecule has 2 heteroatoms. The second-order valence-corrected chi connectivity index (χ2v) is 6.25. The van der Waals surface area contributed by atoms with Gasteiger partial charge in [-0.25, -0.2) is 0 Å². The first-order chi connectivity index (χ1) is 8.45. The van der Waals surface area contributed by atoms with Crippen LogP contribution in [0, 0.1) is 6.92 Å². The van der Waals surface area contributed by atoms with Crippen LogP contribution in [0.25, 0.3) is 0 Å². The molecule has 0 saturated heterocycles. The first-order valence-corrected chi connectivity index (χ1v) is 6.89. The first-order valence-electron chi connectivity index (χ1n) is 6.89. The number of hydrogen-bond acceptors (Lipinski definition) is 2. The van der Waals surface area contributed by atoms with Crippen molar-refractivity contribution in [1.82, 2.24) is 5.32 Å². The molecule has 0 spiro atoms. The van der Waals surface area contributed by atoms with Gasteiger partial charge < -0.3 is 10.1 Å². The summed E-state index contributed by atoms with van der Waals surface area (Å²) in [6.45, 7) is 9.77. The molecule has 0 aromatic heterocycles. The molecule has 1 aliphatic rings. The van der Waals surface area contributed by atoms with Crippen LogP contribution in [-0.2, 0) is 5.41 Å². The Hall–Kier alpha value is -1.02. The predicted molar refractivity (Wildman–Crippen MR) is 76.4 cm³/mol. The van der Waals surface area contributed by atoms with Crippen LogP contribution in [0.15, 0.2) is 12.1 Å². The van der Waals surface area contributed by atoms with Crippen molar-refractivity contribution in [3.05, 3.63) is 28.8 Å². The highest BCUT2D eigenvalue weighted by molar-refractivity contribution is 5.51. The largest absolute Gasteiger partial charge is 0.493 e. The Morgan fingerprint density at radius 3 is 2.61 bits per heavy atom. The minimum atomic E-state index is 0.125. The summed E-state index contributed by atoms with van der Waals surface area (Å²) in [7, 11) is 2.04. The van der Waals surface area contributed by atoms with Crippen molar-refractivity contribution in [2.45, 2.75) is 52.0 Å². The lowest BCUT2D eigenvalue weighted by molar-refractivity contribution is 0.307. The molecular formula is C16H25NO. The van der Waals surface area contributed by atoms with Gasteiger partial charge in [0.15, 0.2) is 0 Å². The smallest absolute Gasteiger partial charge is 0.128 e. The molecule has 1 heterocycles. The molecule has 0 bridgehead atoms. The Bertz CT molecular complexity index is 431. The SMILES string of the molecule is CNC1CCCOc2c(C(C)(C)C)ccc(C)c21. The van der Waals surface area contributed by atoms with E-state index in [1.54, 1.807) is 0 Å². The van der Waals surface area contributed by atoms with Gasteiger partial charge in [-0.3, -0.25) is 0 Å². The van der Waals surface area contributed by atoms with Crippen LogP contribution in [0.4, 0.5) is 0 Å². The zero-order chi connectivity index (χ0) is 13.3. The molecular weight excluding hydrogens is 222 g/mol. The van der Waals surface area contributed by atoms with Gasteiger partial charge in [0.05, 0.1) is 6.61 Å². The second-order valence-electron chi connectivity index (χ2n) is 6.25. The summed E-state index contributed by atoms with van der Waals surface area (Å²) in [5.74, 6) is 1.12. The topological polar surface area (TPSA) is 21.3 Å². The summed E-state index contributed by atoms with van der Waals surface area (Å²) in [6.07, 6.45) is 2.27. The zero-order valence-corrected chi connectivity index (χ0v) is 12.3. The van der Waals surface area contributed by atoms with E-state index in [2.05, 4.69) is 45.1 Å². The van der Waals surface area contributed by atoms with Gasteiger partial charge in [-0.05, 0) is 43.4 Å². The first kappa shape index (κ1) is 13.4. The van der Waals surface area contributed by atoms with Gasteiger partial charge >= 0.3 is 0 Å². The molecule has 0 amide bonds. The van der Waals surface area contributed by atoms with Gasteiger partial charge in [-0.15, -0.1) is 0 Å². The predicted octanol–water partition coefficient (Wildman–Crippen LogP) is 3.73. The number of benzene rings is 1. The molecule has 0 aliphatic carbocycles. The van der Waals surface area contributed by atoms with E-state index in [-0.39, 0.29) is 5.41 Å². The summed E-state index contributed by atoms with van der Waals surface area (Å²) >= 11 is 0. The quantitative estimate of drug-likeness (QED) is 0.816. The number of hydrogen-bond donors (Lipinski definition) is 1. The van der Waals surface area contributed by atoms with Crippen LogP contribution in [0.3, 0.4) is 0 Å². The van der Waals surface area contributed by atoms with Crippen molar-refractivity contribution in [2.75, 3.05) is 13.7 Å². The molecule has 0 radical (unpaired) electrons. The van der Waals surface area contributed by atoms with Crippen molar-refractivity contribution in [3.63, 3.8) is 0 Å². The van der Waals surface area contributed by atoms with E-state index in [1.165, 1.54) is 16.7 Å². The average molecular weight is 247 g/mol. The van der Waals surface area contributed by atoms with E-state index < -0.39 is 0 Å². The Morgan fingerprint density at radius 2 is 2.00 bits per heavy atom. The summed E-state index contributed by atoms with van der Waals surface area (Å²) in [6, 6.07) is 4.88. The Morgan fingerprint density at radius 1 is 1.28 bits per heavy atom. The summed E-state index contributed by atoms with van der Waals surface area (Å²) in [5, 5.41) is 3.44. The number of rotatable bonds is 1. The minimum Gasteiger partial charge on any atom is -0.493 e. The van der Waals surface area contributed by atoms with E-state index in [1.807, 2.05) is 7.05 Å². The monoisotopic (exact) mass is 247 g/mol. The third-order valence-corrected chi connectivity index (χ3v) is 3.80. The number of ether oxygens (including phenoxy) is 1. The highest BCUT2D eigenvalue weighted by Gasteiger charge is 2.27. The standard InChI is InChI=1S/C16H25NO/c1-11-8-9-12(16(2,3)4)15-14(11)13(17-5)7-6-10-18-15/h8-9,13,17H,6-7,10H2,1-5H3. The highest BCUT2D eigenvalue weighted by atomic mass is 16.5. The van der Waals surface area contributed by atoms with Crippen LogP contribution >= 0.6 is 0 Å². The van der Waals surface area contributed by atoms with Gasteiger partial charge in [-0.2, -0.15) is 0 Å². The fourth-order valence-corrected chi connectivity index (χ4v) is 2.77. The van der Waals surface area contributed by atoms with Gasteiger partial charge in [-0.1, -0.05) is 32.9 Å². The van der Waals surface area contributed by atoms with E-state index in [0.29, 0.717) is 6.04 Å². The summed E-state index contributed by atoms with van der Waals surface area (Å²) < 4.78 is 6.08. The van der Waals surface area contributed by atoms with E-state index >= 15 is 0 Å². The Labute approximate surface area is 111 Å². The molecule has 1 N–H and O–H groups in total. The third kappa shape index (κ3) is 2.39. The van der Waals surface area contributed by atoms with Crippen molar-refractivity contribution < 1.29 is 4.74 Å². The van der Waals surface area contributed by atoms with Crippen molar-refractivity contribution in [2.24, 2.45) is 0 Å². The van der Waals surface area contributed by atoms with E-state index in [0.717, 1.165) is 25.2 Å². The third-order valence-electron chi connectivity index (χ3n) is 3.80. The van der Waals surface area contributed by atoms with E-state index in [4.69, 9.17) is 4.74 Å². The van der Waals surface area contributed by atoms with Gasteiger partial charge in [0.1, 0.15) is 5.75 Å². The van der Waals surface area contributed by atoms with E-state index in [9.17, 15) is 0 Å². The van der Waals surface area contributed by atoms with Gasteiger partial charge in [0, 0.05) is 11.6 Å². The lowest BCUT2D eigenvalue weighted by Gasteiger charge is -2.27. The average Bonchev–Trinajstić information content (AvgIpc) is 2.50. The maximum absolute atomic E-state index is 6.08. The van der Waals surface area contributed by atoms with Crippen LogP contribution in [0.5, 0.6) is 5.75 Å².